The predicted octanol–water partition coefficient (Wildman–Crippen LogP) is 6.72. The summed E-state index contributed by atoms with van der Waals surface area (Å²) < 4.78 is 1.99. The molecule has 2 amide bonds. The summed E-state index contributed by atoms with van der Waals surface area (Å²) in [6, 6.07) is 20.2. The molecule has 0 aliphatic rings. The zero-order valence-corrected chi connectivity index (χ0v) is 23.3. The number of hydroxylamine groups is 1. The van der Waals surface area contributed by atoms with Crippen LogP contribution in [0.3, 0.4) is 0 Å². The Morgan fingerprint density at radius 1 is 1.02 bits per heavy atom. The number of aromatic amines is 1. The maximum Gasteiger partial charge on any atom is 0.256 e. The number of unbranched alkanes of at least 4 members (excludes halogenated alkanes) is 1. The van der Waals surface area contributed by atoms with E-state index in [-0.39, 0.29) is 12.3 Å². The highest BCUT2D eigenvalue weighted by atomic mass is 35.5. The summed E-state index contributed by atoms with van der Waals surface area (Å²) in [6.45, 7) is 0.473. The Balaban J connectivity index is 1.23. The van der Waals surface area contributed by atoms with E-state index in [0.717, 1.165) is 33.4 Å². The number of benzene rings is 3. The number of hydrogen-bond donors (Lipinski definition) is 4. The second-order valence-corrected chi connectivity index (χ2v) is 10.2. The number of imidazole rings is 1. The van der Waals surface area contributed by atoms with E-state index in [9.17, 15) is 9.59 Å². The molecule has 3 aromatic carbocycles. The van der Waals surface area contributed by atoms with Crippen LogP contribution in [0, 0.1) is 0 Å². The quantitative estimate of drug-likeness (QED) is 0.0818. The Hall–Kier alpha value is -4.44. The Bertz CT molecular complexity index is 1710. The van der Waals surface area contributed by atoms with Crippen LogP contribution in [0.25, 0.3) is 28.4 Å². The molecule has 2 aromatic heterocycles. The molecule has 0 atom stereocenters. The van der Waals surface area contributed by atoms with Crippen molar-refractivity contribution in [1.82, 2.24) is 25.2 Å². The van der Waals surface area contributed by atoms with Gasteiger partial charge in [0.25, 0.3) is 5.91 Å². The van der Waals surface area contributed by atoms with Crippen molar-refractivity contribution in [2.24, 2.45) is 0 Å². The highest BCUT2D eigenvalue weighted by molar-refractivity contribution is 6.36. The Kier molecular flexibility index (Phi) is 8.79. The van der Waals surface area contributed by atoms with Gasteiger partial charge >= 0.3 is 0 Å². The average Bonchev–Trinajstić information content (AvgIpc) is 3.61. The van der Waals surface area contributed by atoms with Gasteiger partial charge in [-0.25, -0.2) is 10.5 Å². The number of anilines is 1. The summed E-state index contributed by atoms with van der Waals surface area (Å²) in [5.41, 5.74) is 7.22. The SMILES string of the molecule is O=C(CCCC=Cc1ccc(C(=O)Nc2cc(-c3ccc4ncn(Cc5c(Cl)cccc5Cl)c4c3)[nH]n2)cc1)NO. The molecule has 0 aliphatic carbocycles. The van der Waals surface area contributed by atoms with Gasteiger partial charge in [-0.3, -0.25) is 19.9 Å². The van der Waals surface area contributed by atoms with Crippen molar-refractivity contribution in [3.63, 3.8) is 0 Å². The topological polar surface area (TPSA) is 125 Å². The minimum absolute atomic E-state index is 0.257. The van der Waals surface area contributed by atoms with Crippen molar-refractivity contribution in [3.05, 3.63) is 106 Å². The van der Waals surface area contributed by atoms with Gasteiger partial charge in [0.1, 0.15) is 0 Å². The van der Waals surface area contributed by atoms with Crippen molar-refractivity contribution in [3.8, 4) is 11.3 Å². The van der Waals surface area contributed by atoms with Gasteiger partial charge in [-0.15, -0.1) is 0 Å². The van der Waals surface area contributed by atoms with Crippen LogP contribution in [0.2, 0.25) is 10.0 Å². The van der Waals surface area contributed by atoms with Gasteiger partial charge in [-0.1, -0.05) is 59.6 Å². The summed E-state index contributed by atoms with van der Waals surface area (Å²) in [4.78, 5) is 28.3. The first-order valence-electron chi connectivity index (χ1n) is 12.9. The summed E-state index contributed by atoms with van der Waals surface area (Å²) in [6.07, 6.45) is 7.21. The summed E-state index contributed by atoms with van der Waals surface area (Å²) in [5, 5.41) is 19.8. The number of H-pyrrole nitrogens is 1. The summed E-state index contributed by atoms with van der Waals surface area (Å²) >= 11 is 12.8. The Morgan fingerprint density at radius 2 is 1.80 bits per heavy atom. The lowest BCUT2D eigenvalue weighted by atomic mass is 10.1. The molecule has 4 N–H and O–H groups in total. The fraction of sp³-hybridized carbons (Fsp3) is 0.133. The van der Waals surface area contributed by atoms with Gasteiger partial charge < -0.3 is 9.88 Å². The van der Waals surface area contributed by atoms with E-state index in [0.29, 0.717) is 40.8 Å². The Morgan fingerprint density at radius 3 is 2.56 bits per heavy atom. The van der Waals surface area contributed by atoms with Crippen LogP contribution in [-0.2, 0) is 11.3 Å². The highest BCUT2D eigenvalue weighted by Gasteiger charge is 2.13. The molecule has 41 heavy (non-hydrogen) atoms. The molecule has 0 radical (unpaired) electrons. The van der Waals surface area contributed by atoms with Crippen LogP contribution >= 0.6 is 23.2 Å². The lowest BCUT2D eigenvalue weighted by molar-refractivity contribution is -0.129. The number of hydrogen-bond acceptors (Lipinski definition) is 5. The minimum Gasteiger partial charge on any atom is -0.326 e. The molecule has 0 bridgehead atoms. The van der Waals surface area contributed by atoms with Crippen LogP contribution in [0.5, 0.6) is 0 Å². The third-order valence-corrected chi connectivity index (χ3v) is 7.23. The van der Waals surface area contributed by atoms with E-state index in [4.69, 9.17) is 28.4 Å². The smallest absolute Gasteiger partial charge is 0.256 e. The Labute approximate surface area is 245 Å². The molecular formula is C30H26Cl2N6O3. The normalized spacial score (nSPS) is 11.3. The van der Waals surface area contributed by atoms with Gasteiger partial charge in [0, 0.05) is 39.2 Å². The summed E-state index contributed by atoms with van der Waals surface area (Å²) in [5.74, 6) is -0.280. The molecule has 0 saturated carbocycles. The average molecular weight is 589 g/mol. The third kappa shape index (κ3) is 6.83. The van der Waals surface area contributed by atoms with Gasteiger partial charge in [-0.2, -0.15) is 5.10 Å². The number of nitrogens with zero attached hydrogens (tertiary/aromatic N) is 3. The fourth-order valence-corrected chi connectivity index (χ4v) is 4.84. The molecular weight excluding hydrogens is 563 g/mol. The van der Waals surface area contributed by atoms with Crippen molar-refractivity contribution in [2.45, 2.75) is 25.8 Å². The van der Waals surface area contributed by atoms with E-state index in [1.54, 1.807) is 30.0 Å². The molecule has 5 aromatic rings. The van der Waals surface area contributed by atoms with Crippen LogP contribution in [0.15, 0.2) is 79.1 Å². The molecule has 0 aliphatic heterocycles. The molecule has 2 heterocycles. The minimum atomic E-state index is -0.401. The zero-order chi connectivity index (χ0) is 28.8. The number of halogens is 2. The predicted molar refractivity (Wildman–Crippen MR) is 160 cm³/mol. The molecule has 5 rings (SSSR count). The number of allylic oxidation sites excluding steroid dienone is 1. The lowest BCUT2D eigenvalue weighted by Crippen LogP contribution is -2.17. The molecule has 9 nitrogen and oxygen atoms in total. The van der Waals surface area contributed by atoms with E-state index < -0.39 is 5.91 Å². The molecule has 0 spiro atoms. The van der Waals surface area contributed by atoms with Crippen molar-refractivity contribution >= 4 is 57.9 Å². The van der Waals surface area contributed by atoms with E-state index >= 15 is 0 Å². The number of fused-ring (bicyclic) bond motifs is 1. The van der Waals surface area contributed by atoms with Crippen LogP contribution < -0.4 is 10.8 Å². The van der Waals surface area contributed by atoms with Gasteiger partial charge in [0.2, 0.25) is 5.91 Å². The van der Waals surface area contributed by atoms with E-state index in [1.165, 1.54) is 0 Å². The first kappa shape index (κ1) is 28.1. The first-order valence-corrected chi connectivity index (χ1v) is 13.6. The van der Waals surface area contributed by atoms with Gasteiger partial charge in [0.15, 0.2) is 5.82 Å². The zero-order valence-electron chi connectivity index (χ0n) is 21.8. The van der Waals surface area contributed by atoms with Crippen LogP contribution in [0.1, 0.15) is 40.7 Å². The van der Waals surface area contributed by atoms with Crippen LogP contribution in [-0.4, -0.2) is 36.8 Å². The van der Waals surface area contributed by atoms with E-state index in [2.05, 4.69) is 20.5 Å². The van der Waals surface area contributed by atoms with Crippen molar-refractivity contribution in [1.29, 1.82) is 0 Å². The molecule has 11 heteroatoms. The number of carbonyl (C=O) groups is 2. The second-order valence-electron chi connectivity index (χ2n) is 9.35. The monoisotopic (exact) mass is 588 g/mol. The largest absolute Gasteiger partial charge is 0.326 e. The molecule has 0 fully saturated rings. The third-order valence-electron chi connectivity index (χ3n) is 6.52. The number of rotatable bonds is 10. The first-order chi connectivity index (χ1) is 19.9. The van der Waals surface area contributed by atoms with Crippen LogP contribution in [0.4, 0.5) is 5.82 Å². The second kappa shape index (κ2) is 12.8. The number of carbonyl (C=O) groups excluding carboxylic acids is 2. The summed E-state index contributed by atoms with van der Waals surface area (Å²) in [7, 11) is 0. The van der Waals surface area contributed by atoms with Gasteiger partial charge in [0.05, 0.1) is 29.6 Å². The molecule has 0 saturated heterocycles. The van der Waals surface area contributed by atoms with Gasteiger partial charge in [-0.05, 0) is 54.8 Å². The molecule has 208 valence electrons. The lowest BCUT2D eigenvalue weighted by Gasteiger charge is -2.09. The fourth-order valence-electron chi connectivity index (χ4n) is 4.33. The van der Waals surface area contributed by atoms with Crippen molar-refractivity contribution < 1.29 is 14.8 Å². The maximum absolute atomic E-state index is 12.8. The van der Waals surface area contributed by atoms with Crippen molar-refractivity contribution in [2.75, 3.05) is 5.32 Å². The highest BCUT2D eigenvalue weighted by Crippen LogP contribution is 2.28. The standard InChI is InChI=1S/C30H26Cl2N6O3/c31-23-6-4-7-24(32)22(23)17-38-18-33-25-14-13-21(15-27(25)38)26-16-28(36-35-26)34-30(40)20-11-9-19(10-12-20)5-2-1-3-8-29(39)37-41/h2,4-7,9-16,18,41H,1,3,8,17H2,(H,37,39)(H2,34,35,36,40). The number of amides is 2. The number of aromatic nitrogens is 4. The molecule has 0 unspecified atom stereocenters. The maximum atomic E-state index is 12.8. The number of nitrogens with one attached hydrogen (secondary N) is 3. The van der Waals surface area contributed by atoms with E-state index in [1.807, 2.05) is 65.3 Å².